The fourth-order valence-electron chi connectivity index (χ4n) is 2.76. The number of ether oxygens (including phenoxy) is 2. The van der Waals surface area contributed by atoms with Crippen molar-refractivity contribution >= 4 is 27.8 Å². The molecule has 1 amide bonds. The summed E-state index contributed by atoms with van der Waals surface area (Å²) in [6, 6.07) is 12.1. The van der Waals surface area contributed by atoms with Gasteiger partial charge in [0, 0.05) is 12.1 Å². The Morgan fingerprint density at radius 2 is 1.59 bits per heavy atom. The van der Waals surface area contributed by atoms with E-state index in [0.717, 1.165) is 5.56 Å². The summed E-state index contributed by atoms with van der Waals surface area (Å²) in [4.78, 5) is 24.6. The van der Waals surface area contributed by atoms with Gasteiger partial charge in [0.15, 0.2) is 0 Å². The molecule has 2 aromatic carbocycles. The van der Waals surface area contributed by atoms with Gasteiger partial charge in [-0.2, -0.15) is 0 Å². The second-order valence-corrected chi connectivity index (χ2v) is 9.95. The van der Waals surface area contributed by atoms with Crippen LogP contribution in [0.2, 0.25) is 0 Å². The predicted molar refractivity (Wildman–Crippen MR) is 122 cm³/mol. The van der Waals surface area contributed by atoms with E-state index in [2.05, 4.69) is 10.0 Å². The summed E-state index contributed by atoms with van der Waals surface area (Å²) < 4.78 is 37.9. The minimum Gasteiger partial charge on any atom is -0.464 e. The number of alkyl carbamates (subject to hydrolysis) is 1. The van der Waals surface area contributed by atoms with Gasteiger partial charge in [0.2, 0.25) is 0 Å². The molecule has 8 nitrogen and oxygen atoms in total. The van der Waals surface area contributed by atoms with Crippen molar-refractivity contribution in [3.05, 3.63) is 59.7 Å². The maximum absolute atomic E-state index is 12.5. The lowest BCUT2D eigenvalue weighted by molar-refractivity contribution is -0.145. The lowest BCUT2D eigenvalue weighted by atomic mass is 10.1. The van der Waals surface area contributed by atoms with E-state index in [9.17, 15) is 18.0 Å². The molecule has 32 heavy (non-hydrogen) atoms. The lowest BCUT2D eigenvalue weighted by Gasteiger charge is -2.23. The van der Waals surface area contributed by atoms with Gasteiger partial charge in [-0.3, -0.25) is 4.72 Å². The average molecular weight is 463 g/mol. The van der Waals surface area contributed by atoms with E-state index < -0.39 is 33.7 Å². The van der Waals surface area contributed by atoms with Crippen LogP contribution in [0.25, 0.3) is 0 Å². The molecule has 0 aliphatic rings. The summed E-state index contributed by atoms with van der Waals surface area (Å²) in [5, 5.41) is 2.54. The Kier molecular flexibility index (Phi) is 8.26. The van der Waals surface area contributed by atoms with Crippen molar-refractivity contribution in [3.8, 4) is 0 Å². The third-order valence-electron chi connectivity index (χ3n) is 4.24. The number of hydrogen-bond donors (Lipinski definition) is 2. The van der Waals surface area contributed by atoms with Crippen LogP contribution < -0.4 is 10.0 Å². The van der Waals surface area contributed by atoms with Crippen LogP contribution in [0.3, 0.4) is 0 Å². The Labute approximate surface area is 189 Å². The Balaban J connectivity index is 2.10. The Hall–Kier alpha value is -3.07. The second-order valence-electron chi connectivity index (χ2n) is 8.27. The number of rotatable bonds is 8. The minimum absolute atomic E-state index is 0.156. The maximum Gasteiger partial charge on any atom is 0.408 e. The van der Waals surface area contributed by atoms with E-state index in [1.165, 1.54) is 12.1 Å². The molecule has 1 unspecified atom stereocenters. The predicted octanol–water partition coefficient (Wildman–Crippen LogP) is 3.79. The Morgan fingerprint density at radius 1 is 1.00 bits per heavy atom. The number of carbonyl (C=O) groups is 2. The van der Waals surface area contributed by atoms with E-state index in [4.69, 9.17) is 9.47 Å². The zero-order valence-electron chi connectivity index (χ0n) is 19.0. The first-order valence-electron chi connectivity index (χ1n) is 10.2. The maximum atomic E-state index is 12.5. The summed E-state index contributed by atoms with van der Waals surface area (Å²) >= 11 is 0. The molecule has 0 saturated heterocycles. The molecular weight excluding hydrogens is 432 g/mol. The molecule has 174 valence electrons. The van der Waals surface area contributed by atoms with E-state index in [0.29, 0.717) is 11.3 Å². The number of amides is 1. The van der Waals surface area contributed by atoms with Crippen LogP contribution in [-0.4, -0.2) is 38.7 Å². The number of aryl methyl sites for hydroxylation is 1. The van der Waals surface area contributed by atoms with E-state index in [-0.39, 0.29) is 17.9 Å². The molecule has 0 saturated carbocycles. The lowest BCUT2D eigenvalue weighted by Crippen LogP contribution is -2.45. The Morgan fingerprint density at radius 3 is 2.12 bits per heavy atom. The highest BCUT2D eigenvalue weighted by molar-refractivity contribution is 7.92. The number of benzene rings is 2. The number of esters is 1. The topological polar surface area (TPSA) is 111 Å². The van der Waals surface area contributed by atoms with Crippen LogP contribution >= 0.6 is 0 Å². The van der Waals surface area contributed by atoms with E-state index in [1.807, 2.05) is 6.92 Å². The normalized spacial score (nSPS) is 12.5. The van der Waals surface area contributed by atoms with Gasteiger partial charge in [0.1, 0.15) is 11.6 Å². The van der Waals surface area contributed by atoms with Crippen LogP contribution in [0.15, 0.2) is 53.4 Å². The van der Waals surface area contributed by atoms with Crippen LogP contribution in [0.1, 0.15) is 38.8 Å². The van der Waals surface area contributed by atoms with Gasteiger partial charge in [-0.1, -0.05) is 29.8 Å². The van der Waals surface area contributed by atoms with Gasteiger partial charge in [-0.25, -0.2) is 18.0 Å². The highest BCUT2D eigenvalue weighted by Gasteiger charge is 2.25. The molecular formula is C23H30N2O6S. The molecule has 2 aromatic rings. The monoisotopic (exact) mass is 462 g/mol. The molecule has 0 fully saturated rings. The van der Waals surface area contributed by atoms with E-state index in [1.54, 1.807) is 64.1 Å². The highest BCUT2D eigenvalue weighted by atomic mass is 32.2. The van der Waals surface area contributed by atoms with Crippen molar-refractivity contribution in [2.45, 2.75) is 57.6 Å². The standard InChI is InChI=1S/C23H30N2O6S/c1-6-30-21(26)20(24-22(27)31-23(3,4)5)15-17-9-11-18(12-10-17)25-32(28,29)19-13-7-16(2)8-14-19/h7-14,20,25H,6,15H2,1-5H3,(H,24,27). The summed E-state index contributed by atoms with van der Waals surface area (Å²) in [7, 11) is -3.72. The van der Waals surface area contributed by atoms with Crippen molar-refractivity contribution in [2.75, 3.05) is 11.3 Å². The van der Waals surface area contributed by atoms with Crippen LogP contribution in [0, 0.1) is 6.92 Å². The van der Waals surface area contributed by atoms with Gasteiger partial charge in [-0.05, 0) is 64.4 Å². The van der Waals surface area contributed by atoms with Crippen molar-refractivity contribution in [3.63, 3.8) is 0 Å². The smallest absolute Gasteiger partial charge is 0.408 e. The molecule has 1 atom stereocenters. The number of nitrogens with one attached hydrogen (secondary N) is 2. The quantitative estimate of drug-likeness (QED) is 0.578. The molecule has 0 aliphatic carbocycles. The molecule has 0 spiro atoms. The highest BCUT2D eigenvalue weighted by Crippen LogP contribution is 2.18. The fourth-order valence-corrected chi connectivity index (χ4v) is 3.82. The molecule has 0 radical (unpaired) electrons. The zero-order chi connectivity index (χ0) is 23.9. The van der Waals surface area contributed by atoms with Gasteiger partial charge in [0.25, 0.3) is 10.0 Å². The van der Waals surface area contributed by atoms with Crippen molar-refractivity contribution < 1.29 is 27.5 Å². The minimum atomic E-state index is -3.72. The summed E-state index contributed by atoms with van der Waals surface area (Å²) in [6.07, 6.45) is -0.568. The van der Waals surface area contributed by atoms with Gasteiger partial charge >= 0.3 is 12.1 Å². The molecule has 9 heteroatoms. The third-order valence-corrected chi connectivity index (χ3v) is 5.64. The fraction of sp³-hybridized carbons (Fsp3) is 0.391. The van der Waals surface area contributed by atoms with Gasteiger partial charge < -0.3 is 14.8 Å². The first-order valence-corrected chi connectivity index (χ1v) is 11.7. The molecule has 0 aromatic heterocycles. The van der Waals surface area contributed by atoms with Crippen molar-refractivity contribution in [1.82, 2.24) is 5.32 Å². The van der Waals surface area contributed by atoms with Gasteiger partial charge in [0.05, 0.1) is 11.5 Å². The number of anilines is 1. The molecule has 2 rings (SSSR count). The van der Waals surface area contributed by atoms with Crippen LogP contribution in [0.5, 0.6) is 0 Å². The number of sulfonamides is 1. The molecule has 0 bridgehead atoms. The third kappa shape index (κ3) is 7.88. The van der Waals surface area contributed by atoms with Crippen LogP contribution in [0.4, 0.5) is 10.5 Å². The SMILES string of the molecule is CCOC(=O)C(Cc1ccc(NS(=O)(=O)c2ccc(C)cc2)cc1)NC(=O)OC(C)(C)C. The molecule has 2 N–H and O–H groups in total. The summed E-state index contributed by atoms with van der Waals surface area (Å²) in [5.41, 5.74) is 1.34. The number of carbonyl (C=O) groups excluding carboxylic acids is 2. The Bertz CT molecular complexity index is 1030. The first-order chi connectivity index (χ1) is 14.9. The molecule has 0 heterocycles. The summed E-state index contributed by atoms with van der Waals surface area (Å²) in [5.74, 6) is -0.581. The van der Waals surface area contributed by atoms with E-state index >= 15 is 0 Å². The van der Waals surface area contributed by atoms with Crippen molar-refractivity contribution in [2.24, 2.45) is 0 Å². The zero-order valence-corrected chi connectivity index (χ0v) is 19.8. The van der Waals surface area contributed by atoms with Gasteiger partial charge in [-0.15, -0.1) is 0 Å². The largest absolute Gasteiger partial charge is 0.464 e. The molecule has 0 aliphatic heterocycles. The first kappa shape index (κ1) is 25.2. The summed E-state index contributed by atoms with van der Waals surface area (Å²) in [6.45, 7) is 8.90. The average Bonchev–Trinajstić information content (AvgIpc) is 2.68. The van der Waals surface area contributed by atoms with Crippen molar-refractivity contribution in [1.29, 1.82) is 0 Å². The second kappa shape index (κ2) is 10.5. The van der Waals surface area contributed by atoms with Crippen LogP contribution in [-0.2, 0) is 30.7 Å². The number of hydrogen-bond acceptors (Lipinski definition) is 6.